The van der Waals surface area contributed by atoms with Crippen molar-refractivity contribution in [3.8, 4) is 0 Å². The van der Waals surface area contributed by atoms with Gasteiger partial charge in [0, 0.05) is 45.8 Å². The highest BCUT2D eigenvalue weighted by Gasteiger charge is 2.22. The Hall–Kier alpha value is -2.91. The summed E-state index contributed by atoms with van der Waals surface area (Å²) < 4.78 is 26.0. The first kappa shape index (κ1) is 21.8. The fraction of sp³-hybridized carbons (Fsp3) is 0.333. The molecule has 0 atom stereocenters. The van der Waals surface area contributed by atoms with Gasteiger partial charge in [-0.05, 0) is 35.7 Å². The zero-order chi connectivity index (χ0) is 21.7. The van der Waals surface area contributed by atoms with Gasteiger partial charge < -0.3 is 15.5 Å². The molecule has 0 spiro atoms. The van der Waals surface area contributed by atoms with E-state index in [1.165, 1.54) is 20.2 Å². The molecular formula is C21H26N4O4S. The summed E-state index contributed by atoms with van der Waals surface area (Å²) in [6, 6.07) is 13.7. The molecule has 0 unspecified atom stereocenters. The van der Waals surface area contributed by atoms with Crippen molar-refractivity contribution in [1.82, 2.24) is 14.9 Å². The number of hydrogen-bond donors (Lipinski definition) is 2. The van der Waals surface area contributed by atoms with E-state index in [-0.39, 0.29) is 17.3 Å². The smallest absolute Gasteiger partial charge is 0.315 e. The lowest BCUT2D eigenvalue weighted by molar-refractivity contribution is -0.117. The van der Waals surface area contributed by atoms with Gasteiger partial charge in [-0.15, -0.1) is 0 Å². The van der Waals surface area contributed by atoms with E-state index in [1.807, 2.05) is 24.3 Å². The van der Waals surface area contributed by atoms with Gasteiger partial charge in [0.05, 0.1) is 4.90 Å². The van der Waals surface area contributed by atoms with Gasteiger partial charge in [0.2, 0.25) is 15.9 Å². The largest absolute Gasteiger partial charge is 0.334 e. The third kappa shape index (κ3) is 4.98. The van der Waals surface area contributed by atoms with E-state index < -0.39 is 16.1 Å². The Morgan fingerprint density at radius 1 is 1.03 bits per heavy atom. The van der Waals surface area contributed by atoms with Crippen molar-refractivity contribution in [3.63, 3.8) is 0 Å². The van der Waals surface area contributed by atoms with E-state index in [0.717, 1.165) is 28.5 Å². The van der Waals surface area contributed by atoms with E-state index in [2.05, 4.69) is 10.6 Å². The standard InChI is InChI=1S/C21H26N4O4S/c1-24(2)30(28,29)19-7-4-3-6-17(19)15-23-21(27)22-14-16-9-11-18(12-10-16)25-13-5-8-20(25)26/h3-4,6-7,9-12H,5,8,13-15H2,1-2H3,(H2,22,23,27). The predicted molar refractivity (Wildman–Crippen MR) is 114 cm³/mol. The van der Waals surface area contributed by atoms with Gasteiger partial charge in [0.25, 0.3) is 0 Å². The number of amides is 3. The molecule has 2 N–H and O–H groups in total. The Labute approximate surface area is 176 Å². The second-order valence-corrected chi connectivity index (χ2v) is 9.37. The van der Waals surface area contributed by atoms with Crippen LogP contribution >= 0.6 is 0 Å². The van der Waals surface area contributed by atoms with Crippen molar-refractivity contribution in [2.24, 2.45) is 0 Å². The monoisotopic (exact) mass is 430 g/mol. The predicted octanol–water partition coefficient (Wildman–Crippen LogP) is 2.06. The average Bonchev–Trinajstić information content (AvgIpc) is 3.17. The van der Waals surface area contributed by atoms with E-state index in [1.54, 1.807) is 23.1 Å². The molecule has 1 saturated heterocycles. The van der Waals surface area contributed by atoms with Crippen LogP contribution < -0.4 is 15.5 Å². The molecular weight excluding hydrogens is 404 g/mol. The lowest BCUT2D eigenvalue weighted by Crippen LogP contribution is -2.35. The second-order valence-electron chi connectivity index (χ2n) is 7.25. The van der Waals surface area contributed by atoms with Gasteiger partial charge in [0.15, 0.2) is 0 Å². The topological polar surface area (TPSA) is 98.8 Å². The fourth-order valence-electron chi connectivity index (χ4n) is 3.23. The Kier molecular flexibility index (Phi) is 6.73. The molecule has 3 amide bonds. The summed E-state index contributed by atoms with van der Waals surface area (Å²) in [4.78, 5) is 25.9. The maximum absolute atomic E-state index is 12.4. The first-order valence-electron chi connectivity index (χ1n) is 9.70. The molecule has 3 rings (SSSR count). The Balaban J connectivity index is 1.54. The van der Waals surface area contributed by atoms with Crippen molar-refractivity contribution < 1.29 is 18.0 Å². The summed E-state index contributed by atoms with van der Waals surface area (Å²) in [5.41, 5.74) is 2.28. The summed E-state index contributed by atoms with van der Waals surface area (Å²) >= 11 is 0. The molecule has 0 saturated carbocycles. The number of nitrogens with one attached hydrogen (secondary N) is 2. The number of urea groups is 1. The Bertz CT molecular complexity index is 1020. The first-order valence-corrected chi connectivity index (χ1v) is 11.1. The molecule has 0 radical (unpaired) electrons. The number of benzene rings is 2. The summed E-state index contributed by atoms with van der Waals surface area (Å²) in [7, 11) is -0.653. The van der Waals surface area contributed by atoms with Crippen LogP contribution in [0.15, 0.2) is 53.4 Å². The van der Waals surface area contributed by atoms with Crippen LogP contribution in [0.5, 0.6) is 0 Å². The molecule has 2 aromatic rings. The van der Waals surface area contributed by atoms with Crippen LogP contribution in [0.25, 0.3) is 0 Å². The van der Waals surface area contributed by atoms with Crippen molar-refractivity contribution >= 4 is 27.6 Å². The van der Waals surface area contributed by atoms with Crippen LogP contribution in [0.4, 0.5) is 10.5 Å². The van der Waals surface area contributed by atoms with Gasteiger partial charge in [-0.25, -0.2) is 17.5 Å². The van der Waals surface area contributed by atoms with E-state index in [9.17, 15) is 18.0 Å². The van der Waals surface area contributed by atoms with E-state index in [4.69, 9.17) is 0 Å². The Morgan fingerprint density at radius 3 is 2.33 bits per heavy atom. The van der Waals surface area contributed by atoms with Crippen LogP contribution in [-0.2, 0) is 27.9 Å². The van der Waals surface area contributed by atoms with Crippen LogP contribution in [0.1, 0.15) is 24.0 Å². The molecule has 0 bridgehead atoms. The van der Waals surface area contributed by atoms with Crippen LogP contribution in [0.3, 0.4) is 0 Å². The van der Waals surface area contributed by atoms with Crippen molar-refractivity contribution in [1.29, 1.82) is 0 Å². The van der Waals surface area contributed by atoms with Crippen molar-refractivity contribution in [2.45, 2.75) is 30.8 Å². The van der Waals surface area contributed by atoms with Crippen LogP contribution in [-0.4, -0.2) is 45.3 Å². The molecule has 1 aliphatic heterocycles. The zero-order valence-electron chi connectivity index (χ0n) is 17.1. The van der Waals surface area contributed by atoms with Gasteiger partial charge in [0.1, 0.15) is 0 Å². The summed E-state index contributed by atoms with van der Waals surface area (Å²) in [5.74, 6) is 0.136. The molecule has 160 valence electrons. The third-order valence-corrected chi connectivity index (χ3v) is 6.86. The number of carbonyl (C=O) groups is 2. The van der Waals surface area contributed by atoms with Crippen molar-refractivity contribution in [3.05, 3.63) is 59.7 Å². The SMILES string of the molecule is CN(C)S(=O)(=O)c1ccccc1CNC(=O)NCc1ccc(N2CCCC2=O)cc1. The zero-order valence-corrected chi connectivity index (χ0v) is 17.9. The third-order valence-electron chi connectivity index (χ3n) is 4.95. The quantitative estimate of drug-likeness (QED) is 0.702. The van der Waals surface area contributed by atoms with E-state index in [0.29, 0.717) is 18.5 Å². The lowest BCUT2D eigenvalue weighted by atomic mass is 10.2. The maximum Gasteiger partial charge on any atom is 0.315 e. The number of rotatable bonds is 7. The van der Waals surface area contributed by atoms with Gasteiger partial charge in [-0.1, -0.05) is 30.3 Å². The van der Waals surface area contributed by atoms with Crippen molar-refractivity contribution in [2.75, 3.05) is 25.5 Å². The highest BCUT2D eigenvalue weighted by Crippen LogP contribution is 2.21. The number of nitrogens with zero attached hydrogens (tertiary/aromatic N) is 2. The highest BCUT2D eigenvalue weighted by atomic mass is 32.2. The lowest BCUT2D eigenvalue weighted by Gasteiger charge is -2.16. The number of hydrogen-bond acceptors (Lipinski definition) is 4. The fourth-order valence-corrected chi connectivity index (χ4v) is 4.35. The minimum absolute atomic E-state index is 0.0884. The van der Waals surface area contributed by atoms with Gasteiger partial charge in [-0.2, -0.15) is 0 Å². The van der Waals surface area contributed by atoms with Crippen LogP contribution in [0, 0.1) is 0 Å². The first-order chi connectivity index (χ1) is 14.3. The maximum atomic E-state index is 12.4. The molecule has 0 aliphatic carbocycles. The van der Waals surface area contributed by atoms with Crippen LogP contribution in [0.2, 0.25) is 0 Å². The second kappa shape index (κ2) is 9.27. The van der Waals surface area contributed by atoms with E-state index >= 15 is 0 Å². The average molecular weight is 431 g/mol. The molecule has 2 aromatic carbocycles. The number of anilines is 1. The minimum Gasteiger partial charge on any atom is -0.334 e. The molecule has 8 nitrogen and oxygen atoms in total. The minimum atomic E-state index is -3.59. The normalized spacial score (nSPS) is 14.2. The molecule has 9 heteroatoms. The Morgan fingerprint density at radius 2 is 1.70 bits per heavy atom. The summed E-state index contributed by atoms with van der Waals surface area (Å²) in [6.07, 6.45) is 1.46. The highest BCUT2D eigenvalue weighted by molar-refractivity contribution is 7.89. The molecule has 0 aromatic heterocycles. The summed E-state index contributed by atoms with van der Waals surface area (Å²) in [5, 5.41) is 5.45. The van der Waals surface area contributed by atoms with Gasteiger partial charge in [-0.3, -0.25) is 4.79 Å². The molecule has 1 heterocycles. The summed E-state index contributed by atoms with van der Waals surface area (Å²) in [6.45, 7) is 1.15. The molecule has 30 heavy (non-hydrogen) atoms. The molecule has 1 fully saturated rings. The number of sulfonamides is 1. The van der Waals surface area contributed by atoms with Gasteiger partial charge >= 0.3 is 6.03 Å². The molecule has 1 aliphatic rings. The number of carbonyl (C=O) groups excluding carboxylic acids is 2.